The normalized spacial score (nSPS) is 11.7. The summed E-state index contributed by atoms with van der Waals surface area (Å²) in [6, 6.07) is 8.11. The molecule has 0 fully saturated rings. The molecule has 0 saturated carbocycles. The third-order valence-corrected chi connectivity index (χ3v) is 3.21. The lowest BCUT2D eigenvalue weighted by atomic mass is 9.85. The number of ether oxygens (including phenoxy) is 1. The molecule has 1 aromatic carbocycles. The number of hydrogen-bond acceptors (Lipinski definition) is 2. The van der Waals surface area contributed by atoms with Crippen molar-refractivity contribution in [1.29, 1.82) is 0 Å². The molecule has 21 heavy (non-hydrogen) atoms. The zero-order valence-corrected chi connectivity index (χ0v) is 13.4. The molecule has 4 heteroatoms. The molecule has 0 bridgehead atoms. The molecule has 0 spiro atoms. The first-order valence-electron chi connectivity index (χ1n) is 7.13. The van der Waals surface area contributed by atoms with Crippen molar-refractivity contribution >= 4 is 5.96 Å². The minimum absolute atomic E-state index is 0.0647. The lowest BCUT2D eigenvalue weighted by Crippen LogP contribution is -2.38. The Hall–Kier alpha value is -2.15. The van der Waals surface area contributed by atoms with Crippen LogP contribution in [-0.2, 0) is 5.41 Å². The molecule has 0 aliphatic heterocycles. The van der Waals surface area contributed by atoms with Crippen molar-refractivity contribution in [1.82, 2.24) is 10.6 Å². The van der Waals surface area contributed by atoms with E-state index in [0.29, 0.717) is 13.1 Å². The second kappa shape index (κ2) is 8.21. The van der Waals surface area contributed by atoms with E-state index in [0.717, 1.165) is 18.3 Å². The van der Waals surface area contributed by atoms with E-state index in [2.05, 4.69) is 47.5 Å². The topological polar surface area (TPSA) is 45.7 Å². The quantitative estimate of drug-likeness (QED) is 0.479. The molecule has 0 atom stereocenters. The van der Waals surface area contributed by atoms with Gasteiger partial charge in [0.05, 0.1) is 20.2 Å². The van der Waals surface area contributed by atoms with E-state index in [9.17, 15) is 0 Å². The van der Waals surface area contributed by atoms with Crippen LogP contribution in [0.4, 0.5) is 0 Å². The molecule has 4 nitrogen and oxygen atoms in total. The smallest absolute Gasteiger partial charge is 0.192 e. The molecular weight excluding hydrogens is 262 g/mol. The van der Waals surface area contributed by atoms with Crippen LogP contribution in [-0.4, -0.2) is 32.7 Å². The first-order valence-corrected chi connectivity index (χ1v) is 7.13. The van der Waals surface area contributed by atoms with E-state index < -0.39 is 0 Å². The van der Waals surface area contributed by atoms with Gasteiger partial charge in [-0.25, -0.2) is 0 Å². The highest BCUT2D eigenvalue weighted by Crippen LogP contribution is 2.25. The van der Waals surface area contributed by atoms with Gasteiger partial charge in [0, 0.05) is 12.0 Å². The van der Waals surface area contributed by atoms with Gasteiger partial charge in [-0.2, -0.15) is 0 Å². The predicted molar refractivity (Wildman–Crippen MR) is 88.8 cm³/mol. The molecule has 114 valence electrons. The summed E-state index contributed by atoms with van der Waals surface area (Å²) in [4.78, 5) is 4.61. The summed E-state index contributed by atoms with van der Waals surface area (Å²) >= 11 is 0. The maximum atomic E-state index is 5.27. The second-order valence-electron chi connectivity index (χ2n) is 5.37. The molecule has 0 aliphatic rings. The molecular formula is C17H25N3O. The van der Waals surface area contributed by atoms with Crippen LogP contribution in [0.15, 0.2) is 29.3 Å². The van der Waals surface area contributed by atoms with Crippen molar-refractivity contribution in [2.75, 3.05) is 26.7 Å². The van der Waals surface area contributed by atoms with Crippen LogP contribution in [0.1, 0.15) is 26.3 Å². The van der Waals surface area contributed by atoms with Gasteiger partial charge in [0.25, 0.3) is 0 Å². The molecule has 0 unspecified atom stereocenters. The minimum atomic E-state index is -0.0647. The first kappa shape index (κ1) is 16.9. The van der Waals surface area contributed by atoms with Gasteiger partial charge in [-0.15, -0.1) is 6.42 Å². The predicted octanol–water partition coefficient (Wildman–Crippen LogP) is 2.16. The van der Waals surface area contributed by atoms with Gasteiger partial charge in [-0.05, 0) is 24.6 Å². The highest BCUT2D eigenvalue weighted by atomic mass is 16.5. The summed E-state index contributed by atoms with van der Waals surface area (Å²) < 4.78 is 5.19. The summed E-state index contributed by atoms with van der Waals surface area (Å²) in [5, 5.41) is 6.28. The number of benzene rings is 1. The van der Waals surface area contributed by atoms with Crippen LogP contribution in [0.2, 0.25) is 0 Å². The number of terminal acetylenes is 1. The standard InChI is InChI=1S/C17H25N3O/c1-6-12-19-16(18-7-2)20-13-17(3,4)14-8-10-15(21-5)11-9-14/h1,8-11H,7,12-13H2,2-5H3,(H2,18,19,20). The molecule has 2 N–H and O–H groups in total. The first-order chi connectivity index (χ1) is 10.0. The Morgan fingerprint density at radius 1 is 1.29 bits per heavy atom. The fourth-order valence-electron chi connectivity index (χ4n) is 1.89. The number of guanidine groups is 1. The average molecular weight is 287 g/mol. The molecule has 0 aliphatic carbocycles. The molecule has 0 saturated heterocycles. The SMILES string of the molecule is C#CCNC(=NCC(C)(C)c1ccc(OC)cc1)NCC. The number of hydrogen-bond donors (Lipinski definition) is 2. The summed E-state index contributed by atoms with van der Waals surface area (Å²) in [5.74, 6) is 4.16. The summed E-state index contributed by atoms with van der Waals surface area (Å²) in [6.45, 7) is 8.31. The van der Waals surface area contributed by atoms with Gasteiger partial charge in [0.15, 0.2) is 5.96 Å². The van der Waals surface area contributed by atoms with E-state index in [-0.39, 0.29) is 5.41 Å². The van der Waals surface area contributed by atoms with E-state index >= 15 is 0 Å². The molecule has 0 heterocycles. The second-order valence-corrected chi connectivity index (χ2v) is 5.37. The number of nitrogens with one attached hydrogen (secondary N) is 2. The van der Waals surface area contributed by atoms with Crippen molar-refractivity contribution in [3.8, 4) is 18.1 Å². The Morgan fingerprint density at radius 3 is 2.48 bits per heavy atom. The van der Waals surface area contributed by atoms with Crippen molar-refractivity contribution < 1.29 is 4.74 Å². The van der Waals surface area contributed by atoms with Gasteiger partial charge in [0.2, 0.25) is 0 Å². The summed E-state index contributed by atoms with van der Waals surface area (Å²) in [5.41, 5.74) is 1.16. The highest BCUT2D eigenvalue weighted by molar-refractivity contribution is 5.80. The Bertz CT molecular complexity index is 498. The number of nitrogens with zero attached hydrogens (tertiary/aromatic N) is 1. The Labute approximate surface area is 128 Å². The fourth-order valence-corrected chi connectivity index (χ4v) is 1.89. The monoisotopic (exact) mass is 287 g/mol. The van der Waals surface area contributed by atoms with Gasteiger partial charge in [-0.3, -0.25) is 4.99 Å². The van der Waals surface area contributed by atoms with Crippen LogP contribution in [0.3, 0.4) is 0 Å². The summed E-state index contributed by atoms with van der Waals surface area (Å²) in [6.07, 6.45) is 5.27. The van der Waals surface area contributed by atoms with E-state index in [1.807, 2.05) is 19.1 Å². The van der Waals surface area contributed by atoms with Crippen LogP contribution in [0.5, 0.6) is 5.75 Å². The van der Waals surface area contributed by atoms with E-state index in [1.54, 1.807) is 7.11 Å². The largest absolute Gasteiger partial charge is 0.497 e. The lowest BCUT2D eigenvalue weighted by Gasteiger charge is -2.24. The zero-order chi connectivity index (χ0) is 15.7. The van der Waals surface area contributed by atoms with Gasteiger partial charge in [-0.1, -0.05) is 31.9 Å². The van der Waals surface area contributed by atoms with Crippen molar-refractivity contribution in [3.05, 3.63) is 29.8 Å². The average Bonchev–Trinajstić information content (AvgIpc) is 2.50. The molecule has 1 rings (SSSR count). The lowest BCUT2D eigenvalue weighted by molar-refractivity contribution is 0.414. The number of rotatable bonds is 6. The number of methoxy groups -OCH3 is 1. The third kappa shape index (κ3) is 5.39. The van der Waals surface area contributed by atoms with Crippen LogP contribution in [0.25, 0.3) is 0 Å². The maximum Gasteiger partial charge on any atom is 0.192 e. The molecule has 0 amide bonds. The van der Waals surface area contributed by atoms with Gasteiger partial charge < -0.3 is 15.4 Å². The van der Waals surface area contributed by atoms with Crippen molar-refractivity contribution in [3.63, 3.8) is 0 Å². The molecule has 0 aromatic heterocycles. The highest BCUT2D eigenvalue weighted by Gasteiger charge is 2.20. The fraction of sp³-hybridized carbons (Fsp3) is 0.471. The minimum Gasteiger partial charge on any atom is -0.497 e. The van der Waals surface area contributed by atoms with Gasteiger partial charge in [0.1, 0.15) is 5.75 Å². The van der Waals surface area contributed by atoms with Crippen molar-refractivity contribution in [2.24, 2.45) is 4.99 Å². The van der Waals surface area contributed by atoms with Crippen LogP contribution in [0, 0.1) is 12.3 Å². The van der Waals surface area contributed by atoms with Crippen LogP contribution < -0.4 is 15.4 Å². The summed E-state index contributed by atoms with van der Waals surface area (Å²) in [7, 11) is 1.67. The Morgan fingerprint density at radius 2 is 1.95 bits per heavy atom. The van der Waals surface area contributed by atoms with Crippen LogP contribution >= 0.6 is 0 Å². The van der Waals surface area contributed by atoms with E-state index in [1.165, 1.54) is 5.56 Å². The molecule has 1 aromatic rings. The Kier molecular flexibility index (Phi) is 6.61. The Balaban J connectivity index is 2.78. The molecule has 0 radical (unpaired) electrons. The zero-order valence-electron chi connectivity index (χ0n) is 13.4. The van der Waals surface area contributed by atoms with Gasteiger partial charge >= 0.3 is 0 Å². The number of aliphatic imine (C=N–C) groups is 1. The van der Waals surface area contributed by atoms with E-state index in [4.69, 9.17) is 11.2 Å². The maximum absolute atomic E-state index is 5.27. The third-order valence-electron chi connectivity index (χ3n) is 3.21. The van der Waals surface area contributed by atoms with Crippen molar-refractivity contribution in [2.45, 2.75) is 26.2 Å².